The number of halogens is 1. The van der Waals surface area contributed by atoms with E-state index in [1.807, 2.05) is 0 Å². The molecule has 0 aliphatic rings. The first-order chi connectivity index (χ1) is 5.11. The third-order valence-electron chi connectivity index (χ3n) is 1.08. The van der Waals surface area contributed by atoms with Gasteiger partial charge in [0.05, 0.1) is 9.77 Å². The lowest BCUT2D eigenvalue weighted by molar-refractivity contribution is -0.132. The Kier molecular flexibility index (Phi) is 2.48. The van der Waals surface area contributed by atoms with E-state index in [1.165, 1.54) is 11.6 Å². The Labute approximate surface area is 77.7 Å². The third kappa shape index (κ3) is 1.92. The lowest BCUT2D eigenvalue weighted by Gasteiger charge is -2.00. The summed E-state index contributed by atoms with van der Waals surface area (Å²) in [5.41, 5.74) is 0. The summed E-state index contributed by atoms with van der Waals surface area (Å²) in [5, 5.41) is 3.90. The van der Waals surface area contributed by atoms with Crippen LogP contribution in [0.25, 0.3) is 0 Å². The van der Waals surface area contributed by atoms with Gasteiger partial charge in [0, 0.05) is 14.0 Å². The van der Waals surface area contributed by atoms with E-state index < -0.39 is 0 Å². The number of nitrogens with zero attached hydrogens (tertiary/aromatic N) is 2. The molecule has 0 fully saturated rings. The first-order valence-electron chi connectivity index (χ1n) is 2.97. The van der Waals surface area contributed by atoms with Crippen molar-refractivity contribution in [1.82, 2.24) is 9.78 Å². The molecule has 0 saturated carbocycles. The first kappa shape index (κ1) is 8.51. The van der Waals surface area contributed by atoms with Crippen molar-refractivity contribution in [2.45, 2.75) is 6.92 Å². The Hall–Kier alpha value is -0.590. The molecule has 4 nitrogen and oxygen atoms in total. The predicted molar refractivity (Wildman–Crippen MR) is 47.2 cm³/mol. The average Bonchev–Trinajstić information content (AvgIpc) is 2.18. The summed E-state index contributed by atoms with van der Waals surface area (Å²) in [7, 11) is 1.72. The van der Waals surface area contributed by atoms with E-state index in [0.29, 0.717) is 5.88 Å². The first-order valence-corrected chi connectivity index (χ1v) is 4.05. The van der Waals surface area contributed by atoms with Crippen molar-refractivity contribution in [1.29, 1.82) is 0 Å². The van der Waals surface area contributed by atoms with Crippen LogP contribution in [0.15, 0.2) is 6.20 Å². The highest BCUT2D eigenvalue weighted by atomic mass is 127. The fourth-order valence-electron chi connectivity index (χ4n) is 0.650. The third-order valence-corrected chi connectivity index (χ3v) is 1.82. The smallest absolute Gasteiger partial charge is 0.309 e. The summed E-state index contributed by atoms with van der Waals surface area (Å²) in [6.45, 7) is 1.36. The number of esters is 1. The standard InChI is InChI=1S/C6H7IN2O2/c1-4(10)11-6-5(7)3-8-9(6)2/h3H,1-2H3. The van der Waals surface area contributed by atoms with Crippen LogP contribution in [-0.4, -0.2) is 15.7 Å². The quantitative estimate of drug-likeness (QED) is 0.561. The fourth-order valence-corrected chi connectivity index (χ4v) is 1.23. The Bertz CT molecular complexity index is 263. The van der Waals surface area contributed by atoms with Crippen molar-refractivity contribution in [3.05, 3.63) is 9.77 Å². The zero-order chi connectivity index (χ0) is 8.43. The van der Waals surface area contributed by atoms with Crippen molar-refractivity contribution < 1.29 is 9.53 Å². The summed E-state index contributed by atoms with van der Waals surface area (Å²) < 4.78 is 7.22. The monoisotopic (exact) mass is 266 g/mol. The summed E-state index contributed by atoms with van der Waals surface area (Å²) in [4.78, 5) is 10.5. The van der Waals surface area contributed by atoms with Crippen LogP contribution in [0.3, 0.4) is 0 Å². The fraction of sp³-hybridized carbons (Fsp3) is 0.333. The number of aryl methyl sites for hydroxylation is 1. The molecule has 0 aliphatic heterocycles. The molecule has 1 aromatic rings. The maximum atomic E-state index is 10.5. The minimum atomic E-state index is -0.327. The summed E-state index contributed by atoms with van der Waals surface area (Å²) >= 11 is 2.05. The van der Waals surface area contributed by atoms with Crippen LogP contribution in [0.4, 0.5) is 0 Å². The van der Waals surface area contributed by atoms with Crippen LogP contribution in [0.5, 0.6) is 5.88 Å². The molecular weight excluding hydrogens is 259 g/mol. The molecule has 0 unspecified atom stereocenters. The minimum absolute atomic E-state index is 0.327. The van der Waals surface area contributed by atoms with Gasteiger partial charge in [-0.15, -0.1) is 0 Å². The molecule has 0 saturated heterocycles. The maximum Gasteiger partial charge on any atom is 0.309 e. The van der Waals surface area contributed by atoms with Crippen molar-refractivity contribution in [2.24, 2.45) is 7.05 Å². The van der Waals surface area contributed by atoms with E-state index in [2.05, 4.69) is 27.7 Å². The molecule has 0 bridgehead atoms. The molecule has 5 heteroatoms. The molecule has 1 rings (SSSR count). The van der Waals surface area contributed by atoms with Gasteiger partial charge in [-0.2, -0.15) is 5.10 Å². The Morgan fingerprint density at radius 3 is 2.82 bits per heavy atom. The Balaban J connectivity index is 2.92. The molecule has 0 aromatic carbocycles. The summed E-state index contributed by atoms with van der Waals surface area (Å²) in [6.07, 6.45) is 1.64. The molecule has 0 atom stereocenters. The lowest BCUT2D eigenvalue weighted by atomic mass is 10.7. The van der Waals surface area contributed by atoms with Crippen LogP contribution in [0.2, 0.25) is 0 Å². The topological polar surface area (TPSA) is 44.1 Å². The molecule has 0 aliphatic carbocycles. The molecule has 11 heavy (non-hydrogen) atoms. The van der Waals surface area contributed by atoms with E-state index in [9.17, 15) is 4.79 Å². The summed E-state index contributed by atoms with van der Waals surface area (Å²) in [6, 6.07) is 0. The van der Waals surface area contributed by atoms with Gasteiger partial charge in [-0.05, 0) is 22.6 Å². The van der Waals surface area contributed by atoms with Crippen LogP contribution >= 0.6 is 22.6 Å². The molecule has 0 radical (unpaired) electrons. The largest absolute Gasteiger partial charge is 0.407 e. The number of hydrogen-bond acceptors (Lipinski definition) is 3. The zero-order valence-electron chi connectivity index (χ0n) is 6.17. The molecular formula is C6H7IN2O2. The van der Waals surface area contributed by atoms with E-state index in [0.717, 1.165) is 3.57 Å². The zero-order valence-corrected chi connectivity index (χ0v) is 8.32. The minimum Gasteiger partial charge on any atom is -0.407 e. The SMILES string of the molecule is CC(=O)Oc1c(I)cnn1C. The highest BCUT2D eigenvalue weighted by Crippen LogP contribution is 2.18. The van der Waals surface area contributed by atoms with E-state index in [-0.39, 0.29) is 5.97 Å². The number of hydrogen-bond donors (Lipinski definition) is 0. The highest BCUT2D eigenvalue weighted by molar-refractivity contribution is 14.1. The number of carbonyl (C=O) groups excluding carboxylic acids is 1. The molecule has 0 amide bonds. The van der Waals surface area contributed by atoms with E-state index >= 15 is 0 Å². The van der Waals surface area contributed by atoms with Crippen LogP contribution < -0.4 is 4.74 Å². The van der Waals surface area contributed by atoms with Crippen molar-refractivity contribution in [2.75, 3.05) is 0 Å². The highest BCUT2D eigenvalue weighted by Gasteiger charge is 2.08. The molecule has 1 aromatic heterocycles. The van der Waals surface area contributed by atoms with Gasteiger partial charge in [0.1, 0.15) is 0 Å². The molecule has 1 heterocycles. The number of rotatable bonds is 1. The Morgan fingerprint density at radius 2 is 2.45 bits per heavy atom. The van der Waals surface area contributed by atoms with Crippen molar-refractivity contribution in [3.63, 3.8) is 0 Å². The van der Waals surface area contributed by atoms with Gasteiger partial charge >= 0.3 is 5.97 Å². The second-order valence-electron chi connectivity index (χ2n) is 2.01. The van der Waals surface area contributed by atoms with Crippen LogP contribution in [0.1, 0.15) is 6.92 Å². The van der Waals surface area contributed by atoms with Gasteiger partial charge < -0.3 is 4.74 Å². The number of carbonyl (C=O) groups is 1. The normalized spacial score (nSPS) is 9.73. The second-order valence-corrected chi connectivity index (χ2v) is 3.18. The average molecular weight is 266 g/mol. The van der Waals surface area contributed by atoms with E-state index in [4.69, 9.17) is 4.74 Å². The molecule has 0 N–H and O–H groups in total. The number of ether oxygens (including phenoxy) is 1. The van der Waals surface area contributed by atoms with Crippen LogP contribution in [-0.2, 0) is 11.8 Å². The number of aromatic nitrogens is 2. The van der Waals surface area contributed by atoms with E-state index in [1.54, 1.807) is 13.2 Å². The Morgan fingerprint density at radius 1 is 1.82 bits per heavy atom. The predicted octanol–water partition coefficient (Wildman–Crippen LogP) is 0.950. The lowest BCUT2D eigenvalue weighted by Crippen LogP contribution is -2.06. The second kappa shape index (κ2) is 3.21. The van der Waals surface area contributed by atoms with Gasteiger partial charge in [0.2, 0.25) is 5.88 Å². The van der Waals surface area contributed by atoms with Crippen molar-refractivity contribution in [3.8, 4) is 5.88 Å². The molecule has 60 valence electrons. The van der Waals surface area contributed by atoms with Crippen molar-refractivity contribution >= 4 is 28.6 Å². The van der Waals surface area contributed by atoms with Gasteiger partial charge in [-0.25, -0.2) is 4.68 Å². The van der Waals surface area contributed by atoms with Gasteiger partial charge in [0.25, 0.3) is 0 Å². The van der Waals surface area contributed by atoms with Crippen LogP contribution in [0, 0.1) is 3.57 Å². The molecule has 0 spiro atoms. The van der Waals surface area contributed by atoms with Gasteiger partial charge in [-0.3, -0.25) is 4.79 Å². The summed E-state index contributed by atoms with van der Waals surface area (Å²) in [5.74, 6) is 0.171. The maximum absolute atomic E-state index is 10.5. The van der Waals surface area contributed by atoms with Gasteiger partial charge in [0.15, 0.2) is 0 Å². The van der Waals surface area contributed by atoms with Gasteiger partial charge in [-0.1, -0.05) is 0 Å².